The lowest BCUT2D eigenvalue weighted by atomic mass is 10.0. The highest BCUT2D eigenvalue weighted by molar-refractivity contribution is 5.77. The Kier molecular flexibility index (Phi) is 6.52. The van der Waals surface area contributed by atoms with Gasteiger partial charge in [-0.15, -0.1) is 0 Å². The van der Waals surface area contributed by atoms with E-state index in [1.165, 1.54) is 0 Å². The maximum absolute atomic E-state index is 11.8. The van der Waals surface area contributed by atoms with Crippen molar-refractivity contribution in [1.29, 1.82) is 0 Å². The summed E-state index contributed by atoms with van der Waals surface area (Å²) in [5, 5.41) is 11.4. The van der Waals surface area contributed by atoms with Gasteiger partial charge in [-0.05, 0) is 24.1 Å². The van der Waals surface area contributed by atoms with E-state index in [-0.39, 0.29) is 24.7 Å². The lowest BCUT2D eigenvalue weighted by molar-refractivity contribution is -0.138. The van der Waals surface area contributed by atoms with Crippen molar-refractivity contribution in [3.05, 3.63) is 23.8 Å². The number of amides is 1. The number of aliphatic carboxylic acids is 1. The minimum Gasteiger partial charge on any atom is -0.497 e. The van der Waals surface area contributed by atoms with Crippen molar-refractivity contribution in [2.24, 2.45) is 5.92 Å². The summed E-state index contributed by atoms with van der Waals surface area (Å²) in [5.41, 5.74) is 0.802. The molecule has 0 aliphatic heterocycles. The quantitative estimate of drug-likeness (QED) is 0.764. The number of nitrogens with one attached hydrogen (secondary N) is 1. The molecule has 1 rings (SSSR count). The molecule has 1 amide bonds. The van der Waals surface area contributed by atoms with Crippen LogP contribution in [0.2, 0.25) is 0 Å². The number of hydrogen-bond donors (Lipinski definition) is 2. The van der Waals surface area contributed by atoms with Gasteiger partial charge in [-0.1, -0.05) is 6.92 Å². The van der Waals surface area contributed by atoms with Gasteiger partial charge in [-0.2, -0.15) is 0 Å². The molecule has 0 radical (unpaired) electrons. The molecule has 0 aliphatic rings. The molecule has 2 N–H and O–H groups in total. The van der Waals surface area contributed by atoms with Crippen molar-refractivity contribution < 1.29 is 24.2 Å². The van der Waals surface area contributed by atoms with Crippen LogP contribution in [0.15, 0.2) is 18.2 Å². The second-order valence-corrected chi connectivity index (χ2v) is 4.86. The van der Waals surface area contributed by atoms with E-state index in [1.54, 1.807) is 39.3 Å². The van der Waals surface area contributed by atoms with Crippen LogP contribution in [0.1, 0.15) is 25.3 Å². The van der Waals surface area contributed by atoms with Crippen LogP contribution >= 0.6 is 0 Å². The monoisotopic (exact) mass is 295 g/mol. The molecule has 1 unspecified atom stereocenters. The van der Waals surface area contributed by atoms with Crippen LogP contribution in [0.25, 0.3) is 0 Å². The zero-order valence-corrected chi connectivity index (χ0v) is 12.5. The normalized spacial score (nSPS) is 11.6. The van der Waals surface area contributed by atoms with Gasteiger partial charge in [0.25, 0.3) is 0 Å². The summed E-state index contributed by atoms with van der Waals surface area (Å²) in [5.74, 6) is 0.0575. The molecule has 21 heavy (non-hydrogen) atoms. The first-order valence-electron chi connectivity index (χ1n) is 6.65. The van der Waals surface area contributed by atoms with Crippen LogP contribution < -0.4 is 14.8 Å². The van der Waals surface area contributed by atoms with Crippen LogP contribution in [0.3, 0.4) is 0 Å². The van der Waals surface area contributed by atoms with Gasteiger partial charge in [-0.3, -0.25) is 9.59 Å². The van der Waals surface area contributed by atoms with Crippen LogP contribution in [-0.2, 0) is 16.1 Å². The fourth-order valence-electron chi connectivity index (χ4n) is 1.97. The molecule has 116 valence electrons. The van der Waals surface area contributed by atoms with Gasteiger partial charge in [0, 0.05) is 24.9 Å². The molecule has 0 fully saturated rings. The molecule has 0 aliphatic carbocycles. The van der Waals surface area contributed by atoms with E-state index in [1.807, 2.05) is 0 Å². The molecule has 0 saturated heterocycles. The van der Waals surface area contributed by atoms with Crippen molar-refractivity contribution in [3.8, 4) is 11.5 Å². The van der Waals surface area contributed by atoms with E-state index in [0.717, 1.165) is 5.56 Å². The molecule has 0 heterocycles. The molecule has 0 aromatic heterocycles. The SMILES string of the molecule is COc1ccc(OC)c(CNC(=O)CC(C)CC(=O)O)c1. The number of hydrogen-bond acceptors (Lipinski definition) is 4. The molecule has 6 nitrogen and oxygen atoms in total. The topological polar surface area (TPSA) is 84.9 Å². The van der Waals surface area contributed by atoms with E-state index >= 15 is 0 Å². The summed E-state index contributed by atoms with van der Waals surface area (Å²) >= 11 is 0. The second-order valence-electron chi connectivity index (χ2n) is 4.86. The number of rotatable bonds is 8. The number of carboxylic acid groups (broad SMARTS) is 1. The van der Waals surface area contributed by atoms with Crippen molar-refractivity contribution in [2.75, 3.05) is 14.2 Å². The molecule has 1 aromatic carbocycles. The number of carbonyl (C=O) groups is 2. The minimum absolute atomic E-state index is 0.0180. The third-order valence-corrected chi connectivity index (χ3v) is 3.02. The summed E-state index contributed by atoms with van der Waals surface area (Å²) in [6.45, 7) is 2.04. The lowest BCUT2D eigenvalue weighted by Crippen LogP contribution is -2.25. The molecule has 1 atom stereocenters. The number of ether oxygens (including phenoxy) is 2. The summed E-state index contributed by atoms with van der Waals surface area (Å²) in [7, 11) is 3.12. The molecule has 0 spiro atoms. The zero-order chi connectivity index (χ0) is 15.8. The first-order chi connectivity index (χ1) is 9.96. The van der Waals surface area contributed by atoms with Crippen molar-refractivity contribution >= 4 is 11.9 Å². The highest BCUT2D eigenvalue weighted by atomic mass is 16.5. The smallest absolute Gasteiger partial charge is 0.303 e. The van der Waals surface area contributed by atoms with Gasteiger partial charge in [0.1, 0.15) is 11.5 Å². The number of carboxylic acids is 1. The van der Waals surface area contributed by atoms with Gasteiger partial charge < -0.3 is 19.9 Å². The Balaban J connectivity index is 2.58. The van der Waals surface area contributed by atoms with Crippen LogP contribution in [0.5, 0.6) is 11.5 Å². The predicted octanol–water partition coefficient (Wildman–Crippen LogP) is 1.82. The standard InChI is InChI=1S/C15H21NO5/c1-10(7-15(18)19)6-14(17)16-9-11-8-12(20-2)4-5-13(11)21-3/h4-5,8,10H,6-7,9H2,1-3H3,(H,16,17)(H,18,19). The first-order valence-corrected chi connectivity index (χ1v) is 6.65. The third kappa shape index (κ3) is 5.72. The minimum atomic E-state index is -0.898. The van der Waals surface area contributed by atoms with Crippen LogP contribution in [0, 0.1) is 5.92 Å². The van der Waals surface area contributed by atoms with Crippen molar-refractivity contribution in [3.63, 3.8) is 0 Å². The van der Waals surface area contributed by atoms with E-state index in [4.69, 9.17) is 14.6 Å². The van der Waals surface area contributed by atoms with Gasteiger partial charge >= 0.3 is 5.97 Å². The Bertz CT molecular complexity index is 501. The number of carbonyl (C=O) groups excluding carboxylic acids is 1. The highest BCUT2D eigenvalue weighted by Gasteiger charge is 2.13. The molecule has 0 bridgehead atoms. The Labute approximate surface area is 124 Å². The zero-order valence-electron chi connectivity index (χ0n) is 12.5. The van der Waals surface area contributed by atoms with E-state index < -0.39 is 5.97 Å². The van der Waals surface area contributed by atoms with Crippen molar-refractivity contribution in [2.45, 2.75) is 26.3 Å². The summed E-state index contributed by atoms with van der Waals surface area (Å²) < 4.78 is 10.4. The molecule has 0 saturated carbocycles. The molecular formula is C15H21NO5. The van der Waals surface area contributed by atoms with E-state index in [0.29, 0.717) is 18.0 Å². The van der Waals surface area contributed by atoms with E-state index in [2.05, 4.69) is 5.32 Å². The Morgan fingerprint density at radius 2 is 1.95 bits per heavy atom. The molecular weight excluding hydrogens is 274 g/mol. The van der Waals surface area contributed by atoms with Crippen LogP contribution in [0.4, 0.5) is 0 Å². The second kappa shape index (κ2) is 8.14. The van der Waals surface area contributed by atoms with Crippen LogP contribution in [-0.4, -0.2) is 31.2 Å². The first kappa shape index (κ1) is 16.8. The lowest BCUT2D eigenvalue weighted by Gasteiger charge is -2.13. The number of methoxy groups -OCH3 is 2. The van der Waals surface area contributed by atoms with Gasteiger partial charge in [0.2, 0.25) is 5.91 Å². The molecule has 1 aromatic rings. The largest absolute Gasteiger partial charge is 0.497 e. The van der Waals surface area contributed by atoms with Crippen molar-refractivity contribution in [1.82, 2.24) is 5.32 Å². The highest BCUT2D eigenvalue weighted by Crippen LogP contribution is 2.23. The fraction of sp³-hybridized carbons (Fsp3) is 0.467. The molecule has 6 heteroatoms. The summed E-state index contributed by atoms with van der Waals surface area (Å²) in [4.78, 5) is 22.3. The van der Waals surface area contributed by atoms with Gasteiger partial charge in [0.15, 0.2) is 0 Å². The Hall–Kier alpha value is -2.24. The average Bonchev–Trinajstić information content (AvgIpc) is 2.43. The summed E-state index contributed by atoms with van der Waals surface area (Å²) in [6, 6.07) is 5.34. The summed E-state index contributed by atoms with van der Waals surface area (Å²) in [6.07, 6.45) is 0.161. The van der Waals surface area contributed by atoms with Gasteiger partial charge in [0.05, 0.1) is 14.2 Å². The Morgan fingerprint density at radius 1 is 1.24 bits per heavy atom. The average molecular weight is 295 g/mol. The predicted molar refractivity (Wildman–Crippen MR) is 77.4 cm³/mol. The number of benzene rings is 1. The maximum atomic E-state index is 11.8. The fourth-order valence-corrected chi connectivity index (χ4v) is 1.97. The Morgan fingerprint density at radius 3 is 2.52 bits per heavy atom. The van der Waals surface area contributed by atoms with E-state index in [9.17, 15) is 9.59 Å². The maximum Gasteiger partial charge on any atom is 0.303 e. The van der Waals surface area contributed by atoms with Gasteiger partial charge in [-0.25, -0.2) is 0 Å². The third-order valence-electron chi connectivity index (χ3n) is 3.02.